The highest BCUT2D eigenvalue weighted by Crippen LogP contribution is 2.30. The SMILES string of the molecule is CC(N)c1c(Cl)ccc2occc12. The fourth-order valence-electron chi connectivity index (χ4n) is 1.50. The van der Waals surface area contributed by atoms with Gasteiger partial charge in [-0.25, -0.2) is 0 Å². The Kier molecular flexibility index (Phi) is 2.02. The van der Waals surface area contributed by atoms with Crippen molar-refractivity contribution in [3.8, 4) is 0 Å². The Balaban J connectivity index is 2.80. The number of fused-ring (bicyclic) bond motifs is 1. The smallest absolute Gasteiger partial charge is 0.134 e. The number of hydrogen-bond donors (Lipinski definition) is 1. The van der Waals surface area contributed by atoms with Crippen LogP contribution >= 0.6 is 11.6 Å². The molecule has 0 amide bonds. The summed E-state index contributed by atoms with van der Waals surface area (Å²) in [6.07, 6.45) is 1.65. The van der Waals surface area contributed by atoms with Gasteiger partial charge in [0.1, 0.15) is 5.58 Å². The molecule has 2 N–H and O–H groups in total. The van der Waals surface area contributed by atoms with E-state index in [0.717, 1.165) is 16.5 Å². The predicted octanol–water partition coefficient (Wildman–Crippen LogP) is 3.11. The molecule has 0 aliphatic heterocycles. The summed E-state index contributed by atoms with van der Waals surface area (Å²) in [4.78, 5) is 0. The van der Waals surface area contributed by atoms with Gasteiger partial charge in [0.05, 0.1) is 6.26 Å². The van der Waals surface area contributed by atoms with Gasteiger partial charge >= 0.3 is 0 Å². The van der Waals surface area contributed by atoms with E-state index >= 15 is 0 Å². The summed E-state index contributed by atoms with van der Waals surface area (Å²) >= 11 is 6.03. The first-order chi connectivity index (χ1) is 6.20. The molecule has 1 aromatic carbocycles. The molecule has 0 radical (unpaired) electrons. The molecular weight excluding hydrogens is 186 g/mol. The number of benzene rings is 1. The highest BCUT2D eigenvalue weighted by molar-refractivity contribution is 6.32. The topological polar surface area (TPSA) is 39.2 Å². The molecule has 68 valence electrons. The minimum Gasteiger partial charge on any atom is -0.464 e. The Hall–Kier alpha value is -0.990. The lowest BCUT2D eigenvalue weighted by atomic mass is 10.0. The van der Waals surface area contributed by atoms with Crippen LogP contribution in [0.5, 0.6) is 0 Å². The highest BCUT2D eigenvalue weighted by atomic mass is 35.5. The summed E-state index contributed by atoms with van der Waals surface area (Å²) in [7, 11) is 0. The lowest BCUT2D eigenvalue weighted by Crippen LogP contribution is -2.05. The molecule has 3 heteroatoms. The largest absolute Gasteiger partial charge is 0.464 e. The van der Waals surface area contributed by atoms with Gasteiger partial charge in [0.2, 0.25) is 0 Å². The third-order valence-corrected chi connectivity index (χ3v) is 2.41. The zero-order valence-electron chi connectivity index (χ0n) is 7.25. The van der Waals surface area contributed by atoms with Crippen LogP contribution in [0.25, 0.3) is 11.0 Å². The third-order valence-electron chi connectivity index (χ3n) is 2.08. The maximum Gasteiger partial charge on any atom is 0.134 e. The van der Waals surface area contributed by atoms with E-state index in [2.05, 4.69) is 0 Å². The Morgan fingerprint density at radius 2 is 2.15 bits per heavy atom. The summed E-state index contributed by atoms with van der Waals surface area (Å²) in [5.74, 6) is 0. The van der Waals surface area contributed by atoms with Crippen LogP contribution in [0.4, 0.5) is 0 Å². The van der Waals surface area contributed by atoms with Gasteiger partial charge in [0.25, 0.3) is 0 Å². The quantitative estimate of drug-likeness (QED) is 0.760. The zero-order valence-corrected chi connectivity index (χ0v) is 8.01. The summed E-state index contributed by atoms with van der Waals surface area (Å²) in [6.45, 7) is 1.91. The molecule has 1 atom stereocenters. The van der Waals surface area contributed by atoms with Crippen LogP contribution in [0.15, 0.2) is 28.9 Å². The van der Waals surface area contributed by atoms with Crippen LogP contribution in [0.3, 0.4) is 0 Å². The number of furan rings is 1. The van der Waals surface area contributed by atoms with E-state index in [0.29, 0.717) is 5.02 Å². The molecule has 13 heavy (non-hydrogen) atoms. The fourth-order valence-corrected chi connectivity index (χ4v) is 1.84. The first-order valence-electron chi connectivity index (χ1n) is 4.11. The van der Waals surface area contributed by atoms with Gasteiger partial charge in [0.15, 0.2) is 0 Å². The second-order valence-electron chi connectivity index (χ2n) is 3.08. The minimum atomic E-state index is -0.0752. The molecule has 2 aromatic rings. The summed E-state index contributed by atoms with van der Waals surface area (Å²) < 4.78 is 5.25. The molecule has 0 spiro atoms. The Morgan fingerprint density at radius 1 is 1.38 bits per heavy atom. The number of rotatable bonds is 1. The average Bonchev–Trinajstić information content (AvgIpc) is 2.50. The normalized spacial score (nSPS) is 13.5. The van der Waals surface area contributed by atoms with Gasteiger partial charge in [-0.1, -0.05) is 11.6 Å². The molecule has 0 saturated heterocycles. The minimum absolute atomic E-state index is 0.0752. The van der Waals surface area contributed by atoms with Crippen molar-refractivity contribution >= 4 is 22.6 Å². The van der Waals surface area contributed by atoms with E-state index in [9.17, 15) is 0 Å². The average molecular weight is 196 g/mol. The molecule has 0 aliphatic rings. The van der Waals surface area contributed by atoms with E-state index in [1.165, 1.54) is 0 Å². The van der Waals surface area contributed by atoms with Crippen molar-refractivity contribution in [3.63, 3.8) is 0 Å². The molecule has 0 bridgehead atoms. The zero-order chi connectivity index (χ0) is 9.42. The van der Waals surface area contributed by atoms with Gasteiger partial charge in [0, 0.05) is 16.5 Å². The number of nitrogens with two attached hydrogens (primary N) is 1. The van der Waals surface area contributed by atoms with Crippen LogP contribution in [-0.4, -0.2) is 0 Å². The molecular formula is C10H10ClNO. The van der Waals surface area contributed by atoms with Gasteiger partial charge < -0.3 is 10.2 Å². The van der Waals surface area contributed by atoms with E-state index in [1.807, 2.05) is 25.1 Å². The number of hydrogen-bond acceptors (Lipinski definition) is 2. The van der Waals surface area contributed by atoms with Crippen molar-refractivity contribution in [2.45, 2.75) is 13.0 Å². The standard InChI is InChI=1S/C10H10ClNO/c1-6(12)10-7-4-5-13-9(7)3-2-8(10)11/h2-6H,12H2,1H3. The van der Waals surface area contributed by atoms with Crippen LogP contribution in [0, 0.1) is 0 Å². The third kappa shape index (κ3) is 1.32. The van der Waals surface area contributed by atoms with Crippen molar-refractivity contribution < 1.29 is 4.42 Å². The molecule has 0 saturated carbocycles. The van der Waals surface area contributed by atoms with E-state index < -0.39 is 0 Å². The lowest BCUT2D eigenvalue weighted by molar-refractivity contribution is 0.615. The molecule has 1 aromatic heterocycles. The van der Waals surface area contributed by atoms with E-state index in [4.69, 9.17) is 21.8 Å². The van der Waals surface area contributed by atoms with Gasteiger partial charge in [-0.05, 0) is 30.7 Å². The first-order valence-corrected chi connectivity index (χ1v) is 4.49. The highest BCUT2D eigenvalue weighted by Gasteiger charge is 2.11. The monoisotopic (exact) mass is 195 g/mol. The van der Waals surface area contributed by atoms with Crippen molar-refractivity contribution in [3.05, 3.63) is 35.0 Å². The van der Waals surface area contributed by atoms with Gasteiger partial charge in [-0.15, -0.1) is 0 Å². The van der Waals surface area contributed by atoms with Crippen LogP contribution in [-0.2, 0) is 0 Å². The maximum absolute atomic E-state index is 6.03. The Bertz CT molecular complexity index is 433. The van der Waals surface area contributed by atoms with Crippen LogP contribution in [0.2, 0.25) is 5.02 Å². The van der Waals surface area contributed by atoms with Crippen molar-refractivity contribution in [2.75, 3.05) is 0 Å². The van der Waals surface area contributed by atoms with E-state index in [-0.39, 0.29) is 6.04 Å². The van der Waals surface area contributed by atoms with Crippen molar-refractivity contribution in [2.24, 2.45) is 5.73 Å². The lowest BCUT2D eigenvalue weighted by Gasteiger charge is -2.08. The van der Waals surface area contributed by atoms with Crippen molar-refractivity contribution in [1.82, 2.24) is 0 Å². The van der Waals surface area contributed by atoms with Gasteiger partial charge in [-0.3, -0.25) is 0 Å². The summed E-state index contributed by atoms with van der Waals surface area (Å²) in [6, 6.07) is 5.48. The second kappa shape index (κ2) is 3.05. The molecule has 1 unspecified atom stereocenters. The Labute approximate surface area is 81.3 Å². The Morgan fingerprint density at radius 3 is 2.85 bits per heavy atom. The first kappa shape index (κ1) is 8.60. The van der Waals surface area contributed by atoms with Crippen LogP contribution < -0.4 is 5.73 Å². The fraction of sp³-hybridized carbons (Fsp3) is 0.200. The maximum atomic E-state index is 6.03. The molecule has 0 aliphatic carbocycles. The summed E-state index contributed by atoms with van der Waals surface area (Å²) in [5.41, 5.74) is 7.60. The van der Waals surface area contributed by atoms with Gasteiger partial charge in [-0.2, -0.15) is 0 Å². The number of halogens is 1. The molecule has 0 fully saturated rings. The molecule has 2 nitrogen and oxygen atoms in total. The summed E-state index contributed by atoms with van der Waals surface area (Å²) in [5, 5.41) is 1.70. The second-order valence-corrected chi connectivity index (χ2v) is 3.49. The van der Waals surface area contributed by atoms with E-state index in [1.54, 1.807) is 6.26 Å². The van der Waals surface area contributed by atoms with Crippen LogP contribution in [0.1, 0.15) is 18.5 Å². The van der Waals surface area contributed by atoms with Crippen molar-refractivity contribution in [1.29, 1.82) is 0 Å². The molecule has 1 heterocycles. The predicted molar refractivity (Wildman–Crippen MR) is 53.8 cm³/mol. The molecule has 2 rings (SSSR count).